The molecule has 7 nitrogen and oxygen atoms in total. The van der Waals surface area contributed by atoms with Gasteiger partial charge in [-0.3, -0.25) is 13.9 Å². The fraction of sp³-hybridized carbons (Fsp3) is 0.320. The second kappa shape index (κ2) is 9.77. The number of rotatable bonds is 8. The van der Waals surface area contributed by atoms with Gasteiger partial charge in [0.15, 0.2) is 11.2 Å². The van der Waals surface area contributed by atoms with E-state index in [0.29, 0.717) is 47.9 Å². The minimum Gasteiger partial charge on any atom is -0.396 e. The summed E-state index contributed by atoms with van der Waals surface area (Å²) in [6.07, 6.45) is 0.851. The van der Waals surface area contributed by atoms with Crippen molar-refractivity contribution in [2.45, 2.75) is 46.3 Å². The molecule has 0 atom stereocenters. The first-order chi connectivity index (χ1) is 15.9. The quantitative estimate of drug-likeness (QED) is 0.431. The van der Waals surface area contributed by atoms with Gasteiger partial charge in [-0.25, -0.2) is 9.78 Å². The van der Waals surface area contributed by atoms with Crippen LogP contribution in [0.4, 0.5) is 0 Å². The molecule has 2 heterocycles. The van der Waals surface area contributed by atoms with Gasteiger partial charge in [0.2, 0.25) is 0 Å². The van der Waals surface area contributed by atoms with Crippen LogP contribution in [0.2, 0.25) is 5.02 Å². The Morgan fingerprint density at radius 1 is 1.00 bits per heavy atom. The van der Waals surface area contributed by atoms with E-state index in [0.717, 1.165) is 16.7 Å². The number of aryl methyl sites for hydroxylation is 2. The van der Waals surface area contributed by atoms with Gasteiger partial charge >= 0.3 is 5.69 Å². The molecule has 0 saturated heterocycles. The monoisotopic (exact) mass is 466 g/mol. The van der Waals surface area contributed by atoms with Crippen molar-refractivity contribution in [3.8, 4) is 0 Å². The Bertz CT molecular complexity index is 1400. The minimum absolute atomic E-state index is 0.0985. The molecule has 172 valence electrons. The molecule has 2 aromatic heterocycles. The Hall–Kier alpha value is -3.16. The number of hydrogen-bond acceptors (Lipinski definition) is 4. The molecule has 0 aliphatic rings. The standard InChI is InChI=1S/C25H27ClN4O3/c1-3-28-23-22(24(32)29(25(28)33)12-5-13-31)30(16-18-8-10-20(26)11-9-18)21(27-23)15-19-7-4-6-17(2)14-19/h4,6-11,14,31H,3,5,12-13,15-16H2,1-2H3. The molecule has 4 rings (SSSR count). The lowest BCUT2D eigenvalue weighted by atomic mass is 10.1. The second-order valence-corrected chi connectivity index (χ2v) is 8.58. The maximum Gasteiger partial charge on any atom is 0.332 e. The van der Waals surface area contributed by atoms with Gasteiger partial charge in [-0.1, -0.05) is 53.6 Å². The molecule has 0 saturated carbocycles. The summed E-state index contributed by atoms with van der Waals surface area (Å²) in [6, 6.07) is 15.6. The molecule has 0 aliphatic carbocycles. The van der Waals surface area contributed by atoms with Gasteiger partial charge < -0.3 is 9.67 Å². The number of aliphatic hydroxyl groups excluding tert-OH is 1. The zero-order chi connectivity index (χ0) is 23.5. The predicted octanol–water partition coefficient (Wildman–Crippen LogP) is 3.36. The largest absolute Gasteiger partial charge is 0.396 e. The molecule has 0 radical (unpaired) electrons. The molecule has 8 heteroatoms. The highest BCUT2D eigenvalue weighted by atomic mass is 35.5. The van der Waals surface area contributed by atoms with Crippen LogP contribution in [0.3, 0.4) is 0 Å². The number of hydrogen-bond donors (Lipinski definition) is 1. The summed E-state index contributed by atoms with van der Waals surface area (Å²) in [4.78, 5) is 31.3. The van der Waals surface area contributed by atoms with Crippen molar-refractivity contribution in [2.24, 2.45) is 0 Å². The zero-order valence-corrected chi connectivity index (χ0v) is 19.5. The van der Waals surface area contributed by atoms with Crippen LogP contribution < -0.4 is 11.2 Å². The lowest BCUT2D eigenvalue weighted by Crippen LogP contribution is -2.40. The molecular formula is C25H27ClN4O3. The first-order valence-electron chi connectivity index (χ1n) is 11.1. The molecule has 1 N–H and O–H groups in total. The average Bonchev–Trinajstić information content (AvgIpc) is 3.13. The molecule has 0 bridgehead atoms. The van der Waals surface area contributed by atoms with Gasteiger partial charge in [-0.2, -0.15) is 0 Å². The summed E-state index contributed by atoms with van der Waals surface area (Å²) in [6.45, 7) is 4.76. The summed E-state index contributed by atoms with van der Waals surface area (Å²) >= 11 is 6.06. The Balaban J connectivity index is 1.96. The lowest BCUT2D eigenvalue weighted by Gasteiger charge is -2.12. The zero-order valence-electron chi connectivity index (χ0n) is 18.8. The molecular weight excluding hydrogens is 440 g/mol. The molecule has 0 fully saturated rings. The van der Waals surface area contributed by atoms with Gasteiger partial charge in [0, 0.05) is 37.7 Å². The van der Waals surface area contributed by atoms with Gasteiger partial charge in [0.25, 0.3) is 5.56 Å². The lowest BCUT2D eigenvalue weighted by molar-refractivity contribution is 0.277. The maximum atomic E-state index is 13.5. The Morgan fingerprint density at radius 3 is 2.42 bits per heavy atom. The number of fused-ring (bicyclic) bond motifs is 1. The third-order valence-corrected chi connectivity index (χ3v) is 6.00. The van der Waals surface area contributed by atoms with Gasteiger partial charge in [0.1, 0.15) is 5.82 Å². The van der Waals surface area contributed by atoms with E-state index in [9.17, 15) is 14.7 Å². The van der Waals surface area contributed by atoms with Crippen LogP contribution >= 0.6 is 11.6 Å². The fourth-order valence-electron chi connectivity index (χ4n) is 4.13. The molecule has 0 unspecified atom stereocenters. The minimum atomic E-state index is -0.401. The third kappa shape index (κ3) is 4.65. The molecule has 0 amide bonds. The van der Waals surface area contributed by atoms with Crippen LogP contribution in [0.25, 0.3) is 11.2 Å². The predicted molar refractivity (Wildman–Crippen MR) is 130 cm³/mol. The van der Waals surface area contributed by atoms with E-state index in [1.54, 1.807) is 0 Å². The topological polar surface area (TPSA) is 82.0 Å². The highest BCUT2D eigenvalue weighted by molar-refractivity contribution is 6.30. The summed E-state index contributed by atoms with van der Waals surface area (Å²) in [5.74, 6) is 0.712. The normalized spacial score (nSPS) is 11.4. The van der Waals surface area contributed by atoms with Crippen LogP contribution in [0.5, 0.6) is 0 Å². The highest BCUT2D eigenvalue weighted by Crippen LogP contribution is 2.19. The van der Waals surface area contributed by atoms with Gasteiger partial charge in [-0.15, -0.1) is 0 Å². The molecule has 2 aromatic carbocycles. The maximum absolute atomic E-state index is 13.5. The molecule has 4 aromatic rings. The van der Waals surface area contributed by atoms with Crippen LogP contribution in [-0.2, 0) is 26.1 Å². The average molecular weight is 467 g/mol. The van der Waals surface area contributed by atoms with Crippen LogP contribution in [0, 0.1) is 6.92 Å². The van der Waals surface area contributed by atoms with Crippen molar-refractivity contribution in [3.05, 3.63) is 96.9 Å². The summed E-state index contributed by atoms with van der Waals surface area (Å²) in [5.41, 5.74) is 3.20. The van der Waals surface area contributed by atoms with Crippen molar-refractivity contribution in [1.82, 2.24) is 18.7 Å². The number of nitrogens with zero attached hydrogens (tertiary/aromatic N) is 4. The first kappa shape index (κ1) is 23.0. The van der Waals surface area contributed by atoms with Crippen molar-refractivity contribution >= 4 is 22.8 Å². The summed E-state index contributed by atoms with van der Waals surface area (Å²) in [7, 11) is 0. The van der Waals surface area contributed by atoms with E-state index in [4.69, 9.17) is 16.6 Å². The number of aliphatic hydroxyl groups is 1. The van der Waals surface area contributed by atoms with Crippen LogP contribution in [0.15, 0.2) is 58.1 Å². The molecule has 0 aliphatic heterocycles. The van der Waals surface area contributed by atoms with E-state index < -0.39 is 5.69 Å². The number of aromatic nitrogens is 4. The Morgan fingerprint density at radius 2 is 1.76 bits per heavy atom. The van der Waals surface area contributed by atoms with E-state index in [-0.39, 0.29) is 18.7 Å². The van der Waals surface area contributed by atoms with E-state index in [2.05, 4.69) is 6.07 Å². The van der Waals surface area contributed by atoms with Crippen LogP contribution in [0.1, 0.15) is 35.9 Å². The fourth-order valence-corrected chi connectivity index (χ4v) is 4.25. The van der Waals surface area contributed by atoms with E-state index >= 15 is 0 Å². The number of benzene rings is 2. The third-order valence-electron chi connectivity index (χ3n) is 5.75. The van der Waals surface area contributed by atoms with Crippen LogP contribution in [-0.4, -0.2) is 30.4 Å². The van der Waals surface area contributed by atoms with Crippen molar-refractivity contribution in [1.29, 1.82) is 0 Å². The smallest absolute Gasteiger partial charge is 0.332 e. The first-order valence-corrected chi connectivity index (χ1v) is 11.4. The van der Waals surface area contributed by atoms with Crippen molar-refractivity contribution in [3.63, 3.8) is 0 Å². The van der Waals surface area contributed by atoms with Gasteiger partial charge in [-0.05, 0) is 43.5 Å². The van der Waals surface area contributed by atoms with E-state index in [1.807, 2.05) is 60.9 Å². The number of halogens is 1. The Kier molecular flexibility index (Phi) is 6.81. The SMILES string of the molecule is CCn1c(=O)n(CCCO)c(=O)c2c1nc(Cc1cccc(C)c1)n2Cc1ccc(Cl)cc1. The highest BCUT2D eigenvalue weighted by Gasteiger charge is 2.21. The Labute approximate surface area is 196 Å². The van der Waals surface area contributed by atoms with Crippen molar-refractivity contribution in [2.75, 3.05) is 6.61 Å². The second-order valence-electron chi connectivity index (χ2n) is 8.14. The van der Waals surface area contributed by atoms with Gasteiger partial charge in [0.05, 0.1) is 0 Å². The molecule has 33 heavy (non-hydrogen) atoms. The molecule has 0 spiro atoms. The summed E-state index contributed by atoms with van der Waals surface area (Å²) in [5, 5.41) is 9.90. The van der Waals surface area contributed by atoms with E-state index in [1.165, 1.54) is 9.13 Å². The number of imidazole rings is 1. The summed E-state index contributed by atoms with van der Waals surface area (Å²) < 4.78 is 4.65. The van der Waals surface area contributed by atoms with Crippen molar-refractivity contribution < 1.29 is 5.11 Å².